The quantitative estimate of drug-likeness (QED) is 0.928. The summed E-state index contributed by atoms with van der Waals surface area (Å²) < 4.78 is 1.09. The van der Waals surface area contributed by atoms with Gasteiger partial charge in [-0.3, -0.25) is 0 Å². The first kappa shape index (κ1) is 13.0. The van der Waals surface area contributed by atoms with Crippen molar-refractivity contribution in [3.63, 3.8) is 0 Å². The van der Waals surface area contributed by atoms with Crippen LogP contribution >= 0.6 is 15.9 Å². The third-order valence-corrected chi connectivity index (χ3v) is 3.35. The average molecular weight is 306 g/mol. The Kier molecular flexibility index (Phi) is 4.31. The van der Waals surface area contributed by atoms with Crippen LogP contribution < -0.4 is 5.32 Å². The largest absolute Gasteiger partial charge is 0.363 e. The molecule has 0 spiro atoms. The zero-order chi connectivity index (χ0) is 13.0. The maximum atomic E-state index is 4.24. The van der Waals surface area contributed by atoms with Crippen LogP contribution in [0.25, 0.3) is 0 Å². The maximum absolute atomic E-state index is 4.24. The van der Waals surface area contributed by atoms with Crippen molar-refractivity contribution in [3.8, 4) is 0 Å². The highest BCUT2D eigenvalue weighted by Gasteiger charge is 2.06. The molecule has 1 atom stereocenters. The number of rotatable bonds is 4. The molecule has 4 heteroatoms. The van der Waals surface area contributed by atoms with E-state index in [0.717, 1.165) is 22.4 Å². The van der Waals surface area contributed by atoms with Crippen LogP contribution in [-0.4, -0.2) is 9.97 Å². The van der Waals surface area contributed by atoms with E-state index in [9.17, 15) is 0 Å². The van der Waals surface area contributed by atoms with Gasteiger partial charge in [0.05, 0.1) is 0 Å². The first-order chi connectivity index (χ1) is 8.69. The monoisotopic (exact) mass is 305 g/mol. The standard InChI is InChI=1S/C14H16BrN3/c1-3-13-8-14(17-9-16-13)18-10(2)11-4-6-12(15)7-5-11/h4-10H,3H2,1-2H3,(H,16,17,18). The lowest BCUT2D eigenvalue weighted by Crippen LogP contribution is -2.08. The average Bonchev–Trinajstić information content (AvgIpc) is 2.39. The van der Waals surface area contributed by atoms with E-state index < -0.39 is 0 Å². The van der Waals surface area contributed by atoms with Crippen molar-refractivity contribution in [2.75, 3.05) is 5.32 Å². The van der Waals surface area contributed by atoms with Gasteiger partial charge in [0.2, 0.25) is 0 Å². The molecular formula is C14H16BrN3. The van der Waals surface area contributed by atoms with Crippen molar-refractivity contribution in [1.82, 2.24) is 9.97 Å². The summed E-state index contributed by atoms with van der Waals surface area (Å²) in [5.41, 5.74) is 2.28. The van der Waals surface area contributed by atoms with Crippen LogP contribution in [0, 0.1) is 0 Å². The van der Waals surface area contributed by atoms with E-state index in [1.165, 1.54) is 5.56 Å². The van der Waals surface area contributed by atoms with Gasteiger partial charge in [-0.15, -0.1) is 0 Å². The summed E-state index contributed by atoms with van der Waals surface area (Å²) in [6, 6.07) is 10.5. The summed E-state index contributed by atoms with van der Waals surface area (Å²) >= 11 is 3.44. The SMILES string of the molecule is CCc1cc(NC(C)c2ccc(Br)cc2)ncn1. The number of benzene rings is 1. The Bertz CT molecular complexity index is 511. The van der Waals surface area contributed by atoms with E-state index in [1.54, 1.807) is 6.33 Å². The van der Waals surface area contributed by atoms with Crippen molar-refractivity contribution in [1.29, 1.82) is 0 Å². The molecule has 0 aliphatic heterocycles. The molecule has 1 unspecified atom stereocenters. The van der Waals surface area contributed by atoms with Crippen molar-refractivity contribution in [2.24, 2.45) is 0 Å². The van der Waals surface area contributed by atoms with Gasteiger partial charge in [-0.05, 0) is 31.0 Å². The molecule has 0 bridgehead atoms. The molecule has 2 aromatic rings. The summed E-state index contributed by atoms with van der Waals surface area (Å²) in [4.78, 5) is 8.43. The smallest absolute Gasteiger partial charge is 0.130 e. The fourth-order valence-electron chi connectivity index (χ4n) is 1.73. The summed E-state index contributed by atoms with van der Waals surface area (Å²) in [5.74, 6) is 0.872. The van der Waals surface area contributed by atoms with Crippen LogP contribution in [0.2, 0.25) is 0 Å². The van der Waals surface area contributed by atoms with E-state index in [-0.39, 0.29) is 6.04 Å². The Labute approximate surface area is 116 Å². The van der Waals surface area contributed by atoms with Gasteiger partial charge < -0.3 is 5.32 Å². The van der Waals surface area contributed by atoms with Gasteiger partial charge in [-0.2, -0.15) is 0 Å². The first-order valence-electron chi connectivity index (χ1n) is 6.02. The molecular weight excluding hydrogens is 290 g/mol. The van der Waals surface area contributed by atoms with Crippen molar-refractivity contribution < 1.29 is 0 Å². The number of aryl methyl sites for hydroxylation is 1. The summed E-state index contributed by atoms with van der Waals surface area (Å²) in [6.45, 7) is 4.21. The number of halogens is 1. The minimum atomic E-state index is 0.220. The highest BCUT2D eigenvalue weighted by Crippen LogP contribution is 2.20. The molecule has 0 fully saturated rings. The molecule has 0 radical (unpaired) electrons. The summed E-state index contributed by atoms with van der Waals surface area (Å²) in [7, 11) is 0. The fourth-order valence-corrected chi connectivity index (χ4v) is 1.99. The van der Waals surface area contributed by atoms with Gasteiger partial charge in [-0.25, -0.2) is 9.97 Å². The van der Waals surface area contributed by atoms with E-state index in [4.69, 9.17) is 0 Å². The zero-order valence-corrected chi connectivity index (χ0v) is 12.1. The van der Waals surface area contributed by atoms with Gasteiger partial charge in [0, 0.05) is 22.3 Å². The number of aromatic nitrogens is 2. The van der Waals surface area contributed by atoms with Crippen molar-refractivity contribution >= 4 is 21.7 Å². The minimum absolute atomic E-state index is 0.220. The number of anilines is 1. The Morgan fingerprint density at radius 3 is 2.61 bits per heavy atom. The van der Waals surface area contributed by atoms with Gasteiger partial charge >= 0.3 is 0 Å². The highest BCUT2D eigenvalue weighted by molar-refractivity contribution is 9.10. The Morgan fingerprint density at radius 1 is 1.22 bits per heavy atom. The number of nitrogens with zero attached hydrogens (tertiary/aromatic N) is 2. The van der Waals surface area contributed by atoms with Gasteiger partial charge in [0.15, 0.2) is 0 Å². The van der Waals surface area contributed by atoms with Gasteiger partial charge in [0.1, 0.15) is 12.1 Å². The molecule has 3 nitrogen and oxygen atoms in total. The molecule has 1 aromatic carbocycles. The molecule has 1 heterocycles. The van der Waals surface area contributed by atoms with Crippen molar-refractivity contribution in [2.45, 2.75) is 26.3 Å². The van der Waals surface area contributed by atoms with Crippen LogP contribution in [0.5, 0.6) is 0 Å². The lowest BCUT2D eigenvalue weighted by molar-refractivity contribution is 0.866. The van der Waals surface area contributed by atoms with E-state index in [2.05, 4.69) is 57.2 Å². The van der Waals surface area contributed by atoms with Crippen molar-refractivity contribution in [3.05, 3.63) is 52.4 Å². The molecule has 2 rings (SSSR count). The second-order valence-electron chi connectivity index (χ2n) is 4.17. The fraction of sp³-hybridized carbons (Fsp3) is 0.286. The van der Waals surface area contributed by atoms with E-state index >= 15 is 0 Å². The minimum Gasteiger partial charge on any atom is -0.363 e. The molecule has 0 saturated carbocycles. The summed E-state index contributed by atoms with van der Waals surface area (Å²) in [5, 5.41) is 3.39. The third kappa shape index (κ3) is 3.29. The van der Waals surface area contributed by atoms with Crippen LogP contribution in [-0.2, 0) is 6.42 Å². The lowest BCUT2D eigenvalue weighted by atomic mass is 10.1. The Balaban J connectivity index is 2.10. The van der Waals surface area contributed by atoms with E-state index in [0.29, 0.717) is 0 Å². The van der Waals surface area contributed by atoms with Crippen LogP contribution in [0.3, 0.4) is 0 Å². The lowest BCUT2D eigenvalue weighted by Gasteiger charge is -2.15. The topological polar surface area (TPSA) is 37.8 Å². The summed E-state index contributed by atoms with van der Waals surface area (Å²) in [6.07, 6.45) is 2.53. The zero-order valence-electron chi connectivity index (χ0n) is 10.5. The normalized spacial score (nSPS) is 12.2. The molecule has 0 saturated heterocycles. The second kappa shape index (κ2) is 5.96. The number of nitrogens with one attached hydrogen (secondary N) is 1. The third-order valence-electron chi connectivity index (χ3n) is 2.82. The first-order valence-corrected chi connectivity index (χ1v) is 6.81. The molecule has 0 aliphatic rings. The predicted octanol–water partition coefficient (Wildman–Crippen LogP) is 3.97. The van der Waals surface area contributed by atoms with Crippen LogP contribution in [0.4, 0.5) is 5.82 Å². The molecule has 0 amide bonds. The molecule has 0 aliphatic carbocycles. The van der Waals surface area contributed by atoms with E-state index in [1.807, 2.05) is 18.2 Å². The predicted molar refractivity (Wildman–Crippen MR) is 77.6 cm³/mol. The second-order valence-corrected chi connectivity index (χ2v) is 5.08. The molecule has 1 aromatic heterocycles. The van der Waals surface area contributed by atoms with Crippen LogP contribution in [0.1, 0.15) is 31.1 Å². The van der Waals surface area contributed by atoms with Gasteiger partial charge in [-0.1, -0.05) is 35.0 Å². The van der Waals surface area contributed by atoms with Crippen LogP contribution in [0.15, 0.2) is 41.1 Å². The Morgan fingerprint density at radius 2 is 1.94 bits per heavy atom. The number of hydrogen-bond donors (Lipinski definition) is 1. The highest BCUT2D eigenvalue weighted by atomic mass is 79.9. The molecule has 94 valence electrons. The molecule has 1 N–H and O–H groups in total. The number of hydrogen-bond acceptors (Lipinski definition) is 3. The Hall–Kier alpha value is -1.42. The van der Waals surface area contributed by atoms with Gasteiger partial charge in [0.25, 0.3) is 0 Å². The maximum Gasteiger partial charge on any atom is 0.130 e. The molecule has 18 heavy (non-hydrogen) atoms.